The molecule has 0 aromatic heterocycles. The molecular weight excluding hydrogens is 382 g/mol. The maximum absolute atomic E-state index is 12.4. The van der Waals surface area contributed by atoms with Crippen LogP contribution >= 0.6 is 0 Å². The Morgan fingerprint density at radius 1 is 1.10 bits per heavy atom. The molecule has 2 heterocycles. The van der Waals surface area contributed by atoms with Crippen molar-refractivity contribution in [2.45, 2.75) is 25.0 Å². The molecule has 0 bridgehead atoms. The fourth-order valence-electron chi connectivity index (χ4n) is 4.22. The Kier molecular flexibility index (Phi) is 8.07. The minimum Gasteiger partial charge on any atom is -0.378 e. The lowest BCUT2D eigenvalue weighted by molar-refractivity contribution is -1.02. The molecule has 30 heavy (non-hydrogen) atoms. The van der Waals surface area contributed by atoms with Crippen LogP contribution in [0.1, 0.15) is 24.4 Å². The van der Waals surface area contributed by atoms with E-state index in [0.717, 1.165) is 51.3 Å². The molecule has 4 N–H and O–H groups in total. The first-order chi connectivity index (χ1) is 14.4. The fraction of sp³-hybridized carbons (Fsp3) is 0.636. The van der Waals surface area contributed by atoms with Crippen LogP contribution in [0.4, 0.5) is 5.69 Å². The molecule has 2 atom stereocenters. The third kappa shape index (κ3) is 6.17. The Labute approximate surface area is 179 Å². The smallest absolute Gasteiger partial charge is 0.309 e. The van der Waals surface area contributed by atoms with Gasteiger partial charge in [0.05, 0.1) is 19.7 Å². The monoisotopic (exact) mass is 419 g/mol. The van der Waals surface area contributed by atoms with Crippen LogP contribution in [0.2, 0.25) is 0 Å². The normalized spacial score (nSPS) is 24.8. The molecule has 166 valence electrons. The van der Waals surface area contributed by atoms with Gasteiger partial charge in [0.2, 0.25) is 0 Å². The van der Waals surface area contributed by atoms with Crippen LogP contribution in [0.3, 0.4) is 0 Å². The molecule has 0 radical (unpaired) electrons. The highest BCUT2D eigenvalue weighted by atomic mass is 16.5. The molecular formula is C22H37N5O3+2. The number of piperazine rings is 1. The first-order valence-electron chi connectivity index (χ1n) is 11.0. The average molecular weight is 420 g/mol. The van der Waals surface area contributed by atoms with E-state index < -0.39 is 11.8 Å². The second kappa shape index (κ2) is 10.7. The fourth-order valence-corrected chi connectivity index (χ4v) is 4.22. The number of carbonyl (C=O) groups is 2. The third-order valence-corrected chi connectivity index (χ3v) is 6.24. The first kappa shape index (κ1) is 22.5. The van der Waals surface area contributed by atoms with Crippen molar-refractivity contribution in [1.29, 1.82) is 0 Å². The number of nitrogens with one attached hydrogen (secondary N) is 4. The van der Waals surface area contributed by atoms with Gasteiger partial charge in [-0.1, -0.05) is 12.1 Å². The number of benzene rings is 1. The van der Waals surface area contributed by atoms with E-state index in [9.17, 15) is 9.59 Å². The number of nitrogens with zero attached hydrogens (tertiary/aromatic N) is 1. The Morgan fingerprint density at radius 3 is 2.37 bits per heavy atom. The molecule has 0 spiro atoms. The van der Waals surface area contributed by atoms with Crippen LogP contribution < -0.4 is 25.3 Å². The van der Waals surface area contributed by atoms with E-state index in [1.165, 1.54) is 15.4 Å². The minimum atomic E-state index is -0.579. The molecule has 2 aliphatic rings. The van der Waals surface area contributed by atoms with Gasteiger partial charge in [-0.15, -0.1) is 0 Å². The van der Waals surface area contributed by atoms with Gasteiger partial charge >= 0.3 is 11.8 Å². The van der Waals surface area contributed by atoms with Crippen molar-refractivity contribution >= 4 is 17.5 Å². The molecule has 2 saturated heterocycles. The van der Waals surface area contributed by atoms with Gasteiger partial charge in [-0.05, 0) is 25.0 Å². The van der Waals surface area contributed by atoms with E-state index in [1.807, 2.05) is 14.1 Å². The predicted molar refractivity (Wildman–Crippen MR) is 116 cm³/mol. The van der Waals surface area contributed by atoms with Crippen LogP contribution in [0.15, 0.2) is 24.3 Å². The summed E-state index contributed by atoms with van der Waals surface area (Å²) in [5.41, 5.74) is 2.34. The van der Waals surface area contributed by atoms with E-state index in [2.05, 4.69) is 46.8 Å². The number of anilines is 1. The highest BCUT2D eigenvalue weighted by Crippen LogP contribution is 2.16. The summed E-state index contributed by atoms with van der Waals surface area (Å²) in [7, 11) is 6.27. The number of ether oxygens (including phenoxy) is 1. The van der Waals surface area contributed by atoms with Gasteiger partial charge in [0, 0.05) is 38.5 Å². The van der Waals surface area contributed by atoms with Gasteiger partial charge in [0.1, 0.15) is 32.2 Å². The third-order valence-electron chi connectivity index (χ3n) is 6.24. The van der Waals surface area contributed by atoms with Gasteiger partial charge < -0.3 is 30.1 Å². The zero-order chi connectivity index (χ0) is 21.5. The second-order valence-corrected chi connectivity index (χ2v) is 8.71. The summed E-state index contributed by atoms with van der Waals surface area (Å²) in [6.45, 7) is 5.89. The summed E-state index contributed by atoms with van der Waals surface area (Å²) in [4.78, 5) is 29.6. The summed E-state index contributed by atoms with van der Waals surface area (Å²) in [5, 5.41) is 5.57. The lowest BCUT2D eigenvalue weighted by Crippen LogP contribution is -3.27. The molecule has 2 aliphatic heterocycles. The van der Waals surface area contributed by atoms with Crippen molar-refractivity contribution in [1.82, 2.24) is 10.6 Å². The molecule has 0 unspecified atom stereocenters. The van der Waals surface area contributed by atoms with Crippen molar-refractivity contribution in [2.24, 2.45) is 0 Å². The van der Waals surface area contributed by atoms with E-state index in [-0.39, 0.29) is 12.1 Å². The number of carbonyl (C=O) groups excluding carboxylic acids is 2. The maximum atomic E-state index is 12.4. The zero-order valence-electron chi connectivity index (χ0n) is 18.5. The molecule has 0 aliphatic carbocycles. The number of likely N-dealkylation sites (N-methyl/N-ethyl adjacent to an activating group) is 1. The van der Waals surface area contributed by atoms with Gasteiger partial charge in [-0.25, -0.2) is 0 Å². The maximum Gasteiger partial charge on any atom is 0.309 e. The van der Waals surface area contributed by atoms with Crippen molar-refractivity contribution in [2.75, 3.05) is 71.9 Å². The molecule has 8 nitrogen and oxygen atoms in total. The van der Waals surface area contributed by atoms with Crippen molar-refractivity contribution in [3.05, 3.63) is 29.8 Å². The van der Waals surface area contributed by atoms with Crippen molar-refractivity contribution in [3.8, 4) is 0 Å². The topological polar surface area (TPSA) is 79.5 Å². The van der Waals surface area contributed by atoms with Gasteiger partial charge in [-0.2, -0.15) is 0 Å². The Hall–Kier alpha value is -2.16. The molecule has 1 aromatic carbocycles. The summed E-state index contributed by atoms with van der Waals surface area (Å²) in [5.74, 6) is -1.15. The Morgan fingerprint density at radius 2 is 1.77 bits per heavy atom. The van der Waals surface area contributed by atoms with Crippen LogP contribution in [0.5, 0.6) is 0 Å². The van der Waals surface area contributed by atoms with E-state index in [0.29, 0.717) is 13.1 Å². The predicted octanol–water partition coefficient (Wildman–Crippen LogP) is -2.38. The Balaban J connectivity index is 1.60. The molecule has 2 amide bonds. The number of hydrogen-bond donors (Lipinski definition) is 4. The van der Waals surface area contributed by atoms with E-state index in [1.54, 1.807) is 0 Å². The largest absolute Gasteiger partial charge is 0.378 e. The van der Waals surface area contributed by atoms with Crippen molar-refractivity contribution in [3.63, 3.8) is 0 Å². The van der Waals surface area contributed by atoms with Crippen LogP contribution in [-0.4, -0.2) is 84.9 Å². The number of hydrogen-bond acceptors (Lipinski definition) is 4. The number of rotatable bonds is 7. The zero-order valence-corrected chi connectivity index (χ0v) is 18.5. The second-order valence-electron chi connectivity index (χ2n) is 8.71. The average Bonchev–Trinajstić information content (AvgIpc) is 3.27. The molecule has 3 rings (SSSR count). The molecule has 1 aromatic rings. The molecule has 8 heteroatoms. The number of amides is 2. The number of quaternary nitrogens is 2. The highest BCUT2D eigenvalue weighted by molar-refractivity contribution is 6.35. The Bertz CT molecular complexity index is 695. The van der Waals surface area contributed by atoms with Gasteiger partial charge in [0.15, 0.2) is 0 Å². The van der Waals surface area contributed by atoms with Crippen LogP contribution in [0.25, 0.3) is 0 Å². The summed E-state index contributed by atoms with van der Waals surface area (Å²) in [6.07, 6.45) is 1.97. The van der Waals surface area contributed by atoms with E-state index in [4.69, 9.17) is 4.74 Å². The summed E-state index contributed by atoms with van der Waals surface area (Å²) >= 11 is 0. The SMILES string of the molecule is CN(C)c1ccc([C@H](CNC(=O)C(=O)NC[C@@H]2CCCO2)[NH+]2CC[NH+](C)CC2)cc1. The minimum absolute atomic E-state index is 0.0296. The lowest BCUT2D eigenvalue weighted by Gasteiger charge is -2.33. The molecule has 0 saturated carbocycles. The standard InChI is InChI=1S/C22H35N5O3/c1-25(2)18-8-6-17(7-9-18)20(27-12-10-26(3)11-13-27)16-24-22(29)21(28)23-15-19-5-4-14-30-19/h6-9,19-20H,4-5,10-16H2,1-3H3,(H,23,28)(H,24,29)/p+2/t19-,20-/m0/s1. The van der Waals surface area contributed by atoms with Crippen LogP contribution in [0, 0.1) is 0 Å². The first-order valence-corrected chi connectivity index (χ1v) is 11.0. The van der Waals surface area contributed by atoms with Crippen LogP contribution in [-0.2, 0) is 14.3 Å². The summed E-state index contributed by atoms with van der Waals surface area (Å²) in [6, 6.07) is 8.63. The quantitative estimate of drug-likeness (QED) is 0.372. The summed E-state index contributed by atoms with van der Waals surface area (Å²) < 4.78 is 5.50. The van der Waals surface area contributed by atoms with Gasteiger partial charge in [0.25, 0.3) is 0 Å². The van der Waals surface area contributed by atoms with E-state index >= 15 is 0 Å². The molecule has 2 fully saturated rings. The highest BCUT2D eigenvalue weighted by Gasteiger charge is 2.30. The van der Waals surface area contributed by atoms with Gasteiger partial charge in [-0.3, -0.25) is 9.59 Å². The van der Waals surface area contributed by atoms with Crippen molar-refractivity contribution < 1.29 is 24.1 Å². The lowest BCUT2D eigenvalue weighted by atomic mass is 10.0.